The van der Waals surface area contributed by atoms with E-state index < -0.39 is 108 Å². The van der Waals surface area contributed by atoms with Crippen LogP contribution in [0.5, 0.6) is 0 Å². The molecule has 3 rings (SSSR count). The van der Waals surface area contributed by atoms with E-state index in [1.165, 1.54) is 0 Å². The summed E-state index contributed by atoms with van der Waals surface area (Å²) in [4.78, 5) is -0.461. The van der Waals surface area contributed by atoms with Crippen molar-refractivity contribution in [2.75, 3.05) is 17.9 Å². The number of hydrogen-bond donors (Lipinski definition) is 0. The second-order valence-corrected chi connectivity index (χ2v) is 3.41. The fraction of sp³-hybridized carbons (Fsp3) is 0.294. The van der Waals surface area contributed by atoms with E-state index in [2.05, 4.69) is 0 Å². The molecule has 0 unspecified atom stereocenters. The number of anilines is 1. The van der Waals surface area contributed by atoms with Gasteiger partial charge in [-0.05, 0) is 54.4 Å². The van der Waals surface area contributed by atoms with Gasteiger partial charge in [-0.15, -0.1) is 0 Å². The summed E-state index contributed by atoms with van der Waals surface area (Å²) in [6.45, 7) is -15.3. The molecule has 0 fully saturated rings. The predicted molar refractivity (Wildman–Crippen MR) is 78.2 cm³/mol. The summed E-state index contributed by atoms with van der Waals surface area (Å²) in [6, 6.07) is -6.78. The summed E-state index contributed by atoms with van der Waals surface area (Å²) >= 11 is 0. The van der Waals surface area contributed by atoms with E-state index >= 15 is 0 Å². The van der Waals surface area contributed by atoms with Crippen molar-refractivity contribution in [1.82, 2.24) is 0 Å². The van der Waals surface area contributed by atoms with Crippen molar-refractivity contribution in [2.24, 2.45) is 0 Å². The molecule has 0 saturated heterocycles. The van der Waals surface area contributed by atoms with Crippen molar-refractivity contribution in [1.29, 1.82) is 0 Å². The van der Waals surface area contributed by atoms with Gasteiger partial charge in [-0.3, -0.25) is 0 Å². The SMILES string of the molecule is [2H]c1c([2H])c([2H])c2c(c1[2H])-c1c([2H])c([2H])c(N(C([2H])([2H])C([2H])([2H])[2H])C([2H])([2H])C([2H])([2H])[2H])c([2H])c1C2([2H])[2H]. The average Bonchev–Trinajstić information content (AvgIpc) is 2.97. The maximum Gasteiger partial charge on any atom is 0.0648 e. The molecule has 18 heavy (non-hydrogen) atoms. The first-order chi connectivity index (χ1) is 16.4. The van der Waals surface area contributed by atoms with E-state index in [9.17, 15) is 0 Å². The molecule has 1 aliphatic rings. The van der Waals surface area contributed by atoms with E-state index in [1.54, 1.807) is 0 Å². The Bertz CT molecular complexity index is 1280. The molecule has 0 N–H and O–H groups in total. The van der Waals surface area contributed by atoms with E-state index in [0.717, 1.165) is 0 Å². The molecule has 2 aromatic rings. The van der Waals surface area contributed by atoms with Crippen LogP contribution in [0.4, 0.5) is 5.69 Å². The van der Waals surface area contributed by atoms with Crippen LogP contribution in [0, 0.1) is 0 Å². The number of fused-ring (bicyclic) bond motifs is 3. The largest absolute Gasteiger partial charge is 0.372 e. The van der Waals surface area contributed by atoms with Crippen LogP contribution in [0.3, 0.4) is 0 Å². The third-order valence-electron chi connectivity index (χ3n) is 2.43. The van der Waals surface area contributed by atoms with Gasteiger partial charge in [0, 0.05) is 35.1 Å². The first kappa shape index (κ1) is 2.72. The molecule has 2 aromatic carbocycles. The highest BCUT2D eigenvalue weighted by atomic mass is 15.1. The van der Waals surface area contributed by atoms with Crippen LogP contribution >= 0.6 is 0 Å². The Balaban J connectivity index is 2.59. The van der Waals surface area contributed by atoms with Crippen LogP contribution < -0.4 is 4.90 Å². The van der Waals surface area contributed by atoms with Crippen LogP contribution in [0.2, 0.25) is 0 Å². The summed E-state index contributed by atoms with van der Waals surface area (Å²) in [5, 5.41) is 0. The van der Waals surface area contributed by atoms with E-state index in [0.29, 0.717) is 0 Å². The average molecular weight is 256 g/mol. The smallest absolute Gasteiger partial charge is 0.0648 e. The molecule has 92 valence electrons. The van der Waals surface area contributed by atoms with Crippen LogP contribution in [0.25, 0.3) is 11.1 Å². The molecule has 0 bridgehead atoms. The van der Waals surface area contributed by atoms with Gasteiger partial charge in [-0.25, -0.2) is 0 Å². The quantitative estimate of drug-likeness (QED) is 0.799. The van der Waals surface area contributed by atoms with Gasteiger partial charge in [0.1, 0.15) is 0 Å². The van der Waals surface area contributed by atoms with Gasteiger partial charge in [0.2, 0.25) is 0 Å². The Labute approximate surface area is 136 Å². The van der Waals surface area contributed by atoms with Crippen molar-refractivity contribution < 1.29 is 26.0 Å². The van der Waals surface area contributed by atoms with Gasteiger partial charge < -0.3 is 4.90 Å². The lowest BCUT2D eigenvalue weighted by Gasteiger charge is -2.21. The normalized spacial score (nSPS) is 33.2. The summed E-state index contributed by atoms with van der Waals surface area (Å²) in [5.74, 6) is 0. The molecule has 0 radical (unpaired) electrons. The number of benzene rings is 2. The molecular formula is C17H19N. The van der Waals surface area contributed by atoms with Gasteiger partial charge in [0.05, 0.1) is 9.60 Å². The molecule has 0 aromatic heterocycles. The lowest BCUT2D eigenvalue weighted by Crippen LogP contribution is -2.21. The van der Waals surface area contributed by atoms with Crippen LogP contribution in [-0.4, -0.2) is 13.0 Å². The minimum Gasteiger partial charge on any atom is -0.372 e. The lowest BCUT2D eigenvalue weighted by atomic mass is 10.1. The summed E-state index contributed by atoms with van der Waals surface area (Å²) < 4.78 is 153. The molecule has 0 saturated carbocycles. The molecule has 0 aliphatic heterocycles. The highest BCUT2D eigenvalue weighted by Gasteiger charge is 2.18. The fourth-order valence-electron chi connectivity index (χ4n) is 1.65. The molecule has 0 heterocycles. The zero-order valence-corrected chi connectivity index (χ0v) is 8.95. The first-order valence-electron chi connectivity index (χ1n) is 14.4. The Morgan fingerprint density at radius 1 is 1.17 bits per heavy atom. The number of rotatable bonds is 3. The predicted octanol–water partition coefficient (Wildman–Crippen LogP) is 4.10. The maximum absolute atomic E-state index is 8.64. The van der Waals surface area contributed by atoms with Gasteiger partial charge in [0.15, 0.2) is 0 Å². The monoisotopic (exact) mass is 256 g/mol. The molecule has 1 nitrogen and oxygen atoms in total. The van der Waals surface area contributed by atoms with Gasteiger partial charge in [-0.2, -0.15) is 0 Å². The zero-order chi connectivity index (χ0) is 29.0. The van der Waals surface area contributed by atoms with Crippen LogP contribution in [0.1, 0.15) is 50.9 Å². The van der Waals surface area contributed by atoms with E-state index in [4.69, 9.17) is 26.0 Å². The van der Waals surface area contributed by atoms with Crippen molar-refractivity contribution in [3.63, 3.8) is 0 Å². The second kappa shape index (κ2) is 4.49. The van der Waals surface area contributed by atoms with Crippen LogP contribution in [-0.2, 0) is 6.37 Å². The van der Waals surface area contributed by atoms with E-state index in [-0.39, 0.29) is 0 Å². The minimum absolute atomic E-state index is 0.461. The van der Waals surface area contributed by atoms with Crippen molar-refractivity contribution in [3.05, 3.63) is 53.4 Å². The molecule has 0 amide bonds. The number of hydrogen-bond acceptors (Lipinski definition) is 1. The van der Waals surface area contributed by atoms with Gasteiger partial charge >= 0.3 is 0 Å². The van der Waals surface area contributed by atoms with Crippen molar-refractivity contribution in [2.45, 2.75) is 20.1 Å². The Morgan fingerprint density at radius 3 is 2.78 bits per heavy atom. The molecular weight excluding hydrogens is 218 g/mol. The fourth-order valence-corrected chi connectivity index (χ4v) is 1.65. The summed E-state index contributed by atoms with van der Waals surface area (Å²) in [5.41, 5.74) is -4.05. The van der Waals surface area contributed by atoms with Crippen LogP contribution in [0.15, 0.2) is 42.3 Å². The summed E-state index contributed by atoms with van der Waals surface area (Å²) in [6.07, 6.45) is -2.97. The highest BCUT2D eigenvalue weighted by Crippen LogP contribution is 2.38. The number of nitrogens with zero attached hydrogens (tertiary/aromatic N) is 1. The highest BCUT2D eigenvalue weighted by molar-refractivity contribution is 5.78. The van der Waals surface area contributed by atoms with E-state index in [1.807, 2.05) is 0 Å². The Kier molecular flexibility index (Phi) is 0.678. The molecule has 1 heteroatoms. The standard InChI is InChI=1S/C17H19N/c1-3-18(4-2)15-9-10-17-14(12-15)11-13-7-5-6-8-16(13)17/h5-10,12H,3-4,11H2,1-2H3/i1D3,2D3,3D2,4D2,5D,6D,7D,8D,9D,10D,11D2,12D. The first-order valence-corrected chi connectivity index (χ1v) is 4.92. The third kappa shape index (κ3) is 1.71. The Morgan fingerprint density at radius 2 is 1.94 bits per heavy atom. The third-order valence-corrected chi connectivity index (χ3v) is 2.43. The van der Waals surface area contributed by atoms with Crippen molar-refractivity contribution in [3.8, 4) is 11.1 Å². The molecule has 0 spiro atoms. The molecule has 1 aliphatic carbocycles. The van der Waals surface area contributed by atoms with Gasteiger partial charge in [0.25, 0.3) is 0 Å². The zero-order valence-electron chi connectivity index (χ0n) is 27.9. The Hall–Kier alpha value is -1.76. The van der Waals surface area contributed by atoms with Gasteiger partial charge in [-0.1, -0.05) is 30.2 Å². The summed E-state index contributed by atoms with van der Waals surface area (Å²) in [7, 11) is 0. The molecule has 0 atom stereocenters. The second-order valence-electron chi connectivity index (χ2n) is 3.41. The topological polar surface area (TPSA) is 3.24 Å². The lowest BCUT2D eigenvalue weighted by molar-refractivity contribution is 0.865. The minimum atomic E-state index is -3.89. The van der Waals surface area contributed by atoms with Crippen molar-refractivity contribution >= 4 is 5.69 Å². The maximum atomic E-state index is 8.64.